The Morgan fingerprint density at radius 3 is 2.58 bits per heavy atom. The Balaban J connectivity index is 1.65. The molecule has 0 saturated carbocycles. The molecule has 0 amide bonds. The zero-order valence-corrected chi connectivity index (χ0v) is 19.8. The molecule has 0 unspecified atom stereocenters. The molecule has 170 valence electrons. The van der Waals surface area contributed by atoms with Crippen LogP contribution in [0.4, 0.5) is 9.70 Å². The number of aromatic nitrogens is 4. The van der Waals surface area contributed by atoms with Gasteiger partial charge in [0, 0.05) is 41.4 Å². The van der Waals surface area contributed by atoms with E-state index in [0.29, 0.717) is 17.0 Å². The molecule has 0 atom stereocenters. The van der Waals surface area contributed by atoms with Crippen LogP contribution in [0.2, 0.25) is 0 Å². The zero-order chi connectivity index (χ0) is 22.8. The van der Waals surface area contributed by atoms with Crippen LogP contribution in [0.1, 0.15) is 30.0 Å². The molecule has 1 aliphatic rings. The number of hydrogen-bond donors (Lipinski definition) is 1. The molecular formula is C24H24FN5OS2. The van der Waals surface area contributed by atoms with E-state index in [1.807, 2.05) is 60.4 Å². The first-order valence-corrected chi connectivity index (χ1v) is 12.7. The quantitative estimate of drug-likeness (QED) is 0.363. The van der Waals surface area contributed by atoms with Gasteiger partial charge in [-0.2, -0.15) is 21.4 Å². The Bertz CT molecular complexity index is 1240. The van der Waals surface area contributed by atoms with Crippen molar-refractivity contribution >= 4 is 35.6 Å². The minimum Gasteiger partial charge on any atom is -0.391 e. The van der Waals surface area contributed by atoms with Crippen LogP contribution in [0.25, 0.3) is 28.0 Å². The summed E-state index contributed by atoms with van der Waals surface area (Å²) in [4.78, 5) is 9.66. The Morgan fingerprint density at radius 1 is 1.12 bits per heavy atom. The Labute approximate surface area is 200 Å². The van der Waals surface area contributed by atoms with Gasteiger partial charge in [0.05, 0.1) is 24.2 Å². The molecular weight excluding hydrogens is 457 g/mol. The maximum Gasteiger partial charge on any atom is 0.166 e. The summed E-state index contributed by atoms with van der Waals surface area (Å²) in [6.45, 7) is -0.218. The minimum atomic E-state index is -0.218. The third-order valence-electron chi connectivity index (χ3n) is 6.06. The fraction of sp³-hybridized carbons (Fsp3) is 0.292. The SMILES string of the molecule is CN(SF)c1c(CO)c(C2CCSCC2)nc2c(-c3ccc(-c4ccccc4)nc3)cnn12. The molecule has 33 heavy (non-hydrogen) atoms. The first-order valence-electron chi connectivity index (χ1n) is 10.8. The van der Waals surface area contributed by atoms with Gasteiger partial charge in [0.25, 0.3) is 0 Å². The first kappa shape index (κ1) is 22.2. The van der Waals surface area contributed by atoms with Gasteiger partial charge < -0.3 is 5.11 Å². The van der Waals surface area contributed by atoms with Crippen molar-refractivity contribution in [3.8, 4) is 22.4 Å². The van der Waals surface area contributed by atoms with E-state index in [1.165, 1.54) is 4.31 Å². The van der Waals surface area contributed by atoms with E-state index < -0.39 is 0 Å². The molecule has 1 fully saturated rings. The van der Waals surface area contributed by atoms with Crippen LogP contribution in [0, 0.1) is 0 Å². The van der Waals surface area contributed by atoms with Gasteiger partial charge in [-0.1, -0.05) is 36.4 Å². The minimum absolute atomic E-state index is 0.0994. The van der Waals surface area contributed by atoms with Crippen molar-refractivity contribution in [2.75, 3.05) is 22.9 Å². The molecule has 0 radical (unpaired) electrons. The molecule has 6 nitrogen and oxygen atoms in total. The highest BCUT2D eigenvalue weighted by molar-refractivity contribution is 7.99. The fourth-order valence-electron chi connectivity index (χ4n) is 4.38. The second kappa shape index (κ2) is 9.70. The molecule has 1 N–H and O–H groups in total. The van der Waals surface area contributed by atoms with Gasteiger partial charge in [0.15, 0.2) is 23.8 Å². The molecule has 0 aliphatic carbocycles. The van der Waals surface area contributed by atoms with E-state index in [4.69, 9.17) is 4.98 Å². The van der Waals surface area contributed by atoms with Crippen LogP contribution in [-0.4, -0.2) is 43.2 Å². The lowest BCUT2D eigenvalue weighted by atomic mass is 9.94. The number of pyridine rings is 1. The van der Waals surface area contributed by atoms with Gasteiger partial charge in [0.2, 0.25) is 0 Å². The van der Waals surface area contributed by atoms with Crippen molar-refractivity contribution in [3.05, 3.63) is 66.1 Å². The van der Waals surface area contributed by atoms with Crippen molar-refractivity contribution in [1.82, 2.24) is 19.6 Å². The van der Waals surface area contributed by atoms with Gasteiger partial charge in [0.1, 0.15) is 0 Å². The van der Waals surface area contributed by atoms with Crippen molar-refractivity contribution in [1.29, 1.82) is 0 Å². The standard InChI is InChI=1S/C24H24FN5OS2/c1-29(33-25)24-20(15-31)22(17-9-11-32-12-10-17)28-23-19(14-27-30(23)24)18-7-8-21(26-13-18)16-5-3-2-4-6-16/h2-8,13-14,17,31H,9-12,15H2,1H3. The number of aliphatic hydroxyl groups excluding tert-OH is 1. The van der Waals surface area contributed by atoms with Crippen molar-refractivity contribution in [2.24, 2.45) is 0 Å². The molecule has 9 heteroatoms. The number of nitrogens with zero attached hydrogens (tertiary/aromatic N) is 5. The molecule has 5 rings (SSSR count). The van der Waals surface area contributed by atoms with Gasteiger partial charge in [-0.25, -0.2) is 4.98 Å². The summed E-state index contributed by atoms with van der Waals surface area (Å²) in [6.07, 6.45) is 5.54. The van der Waals surface area contributed by atoms with Crippen LogP contribution in [0.5, 0.6) is 0 Å². The van der Waals surface area contributed by atoms with E-state index in [9.17, 15) is 8.99 Å². The number of aliphatic hydroxyl groups is 1. The monoisotopic (exact) mass is 481 g/mol. The number of hydrogen-bond acceptors (Lipinski definition) is 7. The molecule has 0 bridgehead atoms. The fourth-order valence-corrected chi connectivity index (χ4v) is 5.74. The third-order valence-corrected chi connectivity index (χ3v) is 7.49. The summed E-state index contributed by atoms with van der Waals surface area (Å²) in [6, 6.07) is 14.0. The van der Waals surface area contributed by atoms with Crippen molar-refractivity contribution in [2.45, 2.75) is 25.4 Å². The molecule has 1 aromatic carbocycles. The van der Waals surface area contributed by atoms with E-state index in [2.05, 4.69) is 10.1 Å². The maximum absolute atomic E-state index is 13.7. The number of halogens is 1. The Morgan fingerprint density at radius 2 is 1.91 bits per heavy atom. The van der Waals surface area contributed by atoms with Gasteiger partial charge >= 0.3 is 0 Å². The number of fused-ring (bicyclic) bond motifs is 1. The molecule has 3 aromatic heterocycles. The lowest BCUT2D eigenvalue weighted by Crippen LogP contribution is -2.19. The van der Waals surface area contributed by atoms with E-state index in [-0.39, 0.29) is 24.9 Å². The van der Waals surface area contributed by atoms with Crippen molar-refractivity contribution < 1.29 is 8.99 Å². The van der Waals surface area contributed by atoms with E-state index in [0.717, 1.165) is 52.4 Å². The van der Waals surface area contributed by atoms with Crippen molar-refractivity contribution in [3.63, 3.8) is 0 Å². The van der Waals surface area contributed by atoms with Gasteiger partial charge in [-0.3, -0.25) is 9.29 Å². The average molecular weight is 482 g/mol. The van der Waals surface area contributed by atoms with E-state index >= 15 is 0 Å². The van der Waals surface area contributed by atoms with E-state index in [1.54, 1.807) is 17.8 Å². The highest BCUT2D eigenvalue weighted by atomic mass is 32.2. The third kappa shape index (κ3) is 4.20. The number of benzene rings is 1. The maximum atomic E-state index is 13.7. The second-order valence-corrected chi connectivity index (χ2v) is 9.91. The van der Waals surface area contributed by atoms with Gasteiger partial charge in [-0.05, 0) is 30.4 Å². The Kier molecular flexibility index (Phi) is 6.52. The predicted octanol–water partition coefficient (Wildman–Crippen LogP) is 5.53. The predicted molar refractivity (Wildman–Crippen MR) is 134 cm³/mol. The number of rotatable bonds is 6. The van der Waals surface area contributed by atoms with Crippen LogP contribution >= 0.6 is 24.1 Å². The normalized spacial score (nSPS) is 14.6. The zero-order valence-electron chi connectivity index (χ0n) is 18.2. The molecule has 1 aliphatic heterocycles. The number of anilines is 1. The molecule has 1 saturated heterocycles. The summed E-state index contributed by atoms with van der Waals surface area (Å²) in [7, 11) is 1.64. The molecule has 0 spiro atoms. The van der Waals surface area contributed by atoms with Crippen LogP contribution in [-0.2, 0) is 6.61 Å². The average Bonchev–Trinajstić information content (AvgIpc) is 3.32. The summed E-state index contributed by atoms with van der Waals surface area (Å²) in [5.74, 6) is 2.87. The smallest absolute Gasteiger partial charge is 0.166 e. The lowest BCUT2D eigenvalue weighted by Gasteiger charge is -2.26. The van der Waals surface area contributed by atoms with Crippen LogP contribution in [0.3, 0.4) is 0 Å². The largest absolute Gasteiger partial charge is 0.391 e. The first-order chi connectivity index (χ1) is 16.2. The summed E-state index contributed by atoms with van der Waals surface area (Å²) in [5, 5.41) is 14.8. The highest BCUT2D eigenvalue weighted by Crippen LogP contribution is 2.39. The van der Waals surface area contributed by atoms with Crippen LogP contribution < -0.4 is 4.31 Å². The molecule has 4 heterocycles. The topological polar surface area (TPSA) is 66.5 Å². The molecule has 4 aromatic rings. The Hall–Kier alpha value is -2.62. The van der Waals surface area contributed by atoms with Crippen LogP contribution in [0.15, 0.2) is 54.9 Å². The summed E-state index contributed by atoms with van der Waals surface area (Å²) < 4.78 is 16.7. The van der Waals surface area contributed by atoms with Gasteiger partial charge in [-0.15, -0.1) is 3.89 Å². The second-order valence-electron chi connectivity index (χ2n) is 8.00. The summed E-state index contributed by atoms with van der Waals surface area (Å²) in [5.41, 5.74) is 5.79. The number of thioether (sulfide) groups is 1. The highest BCUT2D eigenvalue weighted by Gasteiger charge is 2.27. The summed E-state index contributed by atoms with van der Waals surface area (Å²) >= 11 is 2.04. The lowest BCUT2D eigenvalue weighted by molar-refractivity contribution is 0.278.